The molecule has 6 atom stereocenters. The predicted octanol–water partition coefficient (Wildman–Crippen LogP) is 10.1. The number of aliphatic hydroxyl groups excluding tert-OH is 2. The number of amides is 1. The fraction of sp³-hybridized carbons (Fsp3) is 0.429. The number of nitrogens with zero attached hydrogens (tertiary/aromatic N) is 3. The van der Waals surface area contributed by atoms with Crippen LogP contribution in [0, 0.1) is 27.9 Å². The second-order valence-corrected chi connectivity index (χ2v) is 16.1. The van der Waals surface area contributed by atoms with Gasteiger partial charge in [0.05, 0.1) is 23.2 Å². The van der Waals surface area contributed by atoms with E-state index in [1.54, 1.807) is 11.0 Å². The highest BCUT2D eigenvalue weighted by Crippen LogP contribution is 2.62. The largest absolute Gasteiger partial charge is 0.459 e. The molecule has 2 N–H and O–H groups in total. The van der Waals surface area contributed by atoms with E-state index in [0.717, 1.165) is 47.6 Å². The molecule has 3 aliphatic rings. The van der Waals surface area contributed by atoms with Gasteiger partial charge in [0.15, 0.2) is 0 Å². The molecule has 13 heteroatoms. The minimum atomic E-state index is -1.47. The molecule has 0 unspecified atom stereocenters. The summed E-state index contributed by atoms with van der Waals surface area (Å²) in [5.41, 5.74) is 2.40. The van der Waals surface area contributed by atoms with Crippen LogP contribution in [0.4, 0.5) is 10.5 Å². The molecule has 2 aliphatic carbocycles. The van der Waals surface area contributed by atoms with Crippen LogP contribution in [0.3, 0.4) is 0 Å². The maximum Gasteiger partial charge on any atom is 0.415 e. The van der Waals surface area contributed by atoms with Gasteiger partial charge < -0.3 is 34.0 Å². The number of oxime groups is 1. The Kier molecular flexibility index (Phi) is 14.6. The van der Waals surface area contributed by atoms with Crippen LogP contribution in [0.15, 0.2) is 114 Å². The van der Waals surface area contributed by atoms with Crippen molar-refractivity contribution in [1.29, 1.82) is 0 Å². The summed E-state index contributed by atoms with van der Waals surface area (Å²) in [5, 5.41) is 38.1. The van der Waals surface area contributed by atoms with Crippen LogP contribution in [-0.2, 0) is 9.57 Å². The molecular formula is C49H57N3O10. The number of nitro benzene ring substituents is 1. The lowest BCUT2D eigenvalue weighted by Crippen LogP contribution is -2.70. The molecule has 0 saturated heterocycles. The van der Waals surface area contributed by atoms with Gasteiger partial charge in [-0.25, -0.2) is 4.79 Å². The number of rotatable bonds is 20. The summed E-state index contributed by atoms with van der Waals surface area (Å²) in [6.45, 7) is 8.72. The van der Waals surface area contributed by atoms with Crippen molar-refractivity contribution in [2.75, 3.05) is 33.0 Å². The van der Waals surface area contributed by atoms with Crippen molar-refractivity contribution < 1.29 is 43.7 Å². The molecule has 0 aromatic heterocycles. The van der Waals surface area contributed by atoms with Crippen molar-refractivity contribution in [3.63, 3.8) is 0 Å². The van der Waals surface area contributed by atoms with E-state index in [1.165, 1.54) is 24.3 Å². The maximum atomic E-state index is 14.6. The summed E-state index contributed by atoms with van der Waals surface area (Å²) in [6, 6.07) is 24.7. The van der Waals surface area contributed by atoms with Gasteiger partial charge in [0.1, 0.15) is 35.6 Å². The number of carbonyl (C=O) groups is 1. The average molecular weight is 848 g/mol. The second-order valence-electron chi connectivity index (χ2n) is 16.1. The van der Waals surface area contributed by atoms with E-state index >= 15 is 0 Å². The Labute approximate surface area is 362 Å². The van der Waals surface area contributed by atoms with Gasteiger partial charge in [-0.2, -0.15) is 0 Å². The van der Waals surface area contributed by atoms with E-state index < -0.39 is 28.8 Å². The number of benzene rings is 4. The van der Waals surface area contributed by atoms with Gasteiger partial charge in [-0.3, -0.25) is 15.0 Å². The van der Waals surface area contributed by atoms with Crippen LogP contribution in [0.2, 0.25) is 0 Å². The molecule has 0 radical (unpaired) electrons. The molecule has 0 spiro atoms. The van der Waals surface area contributed by atoms with E-state index in [0.29, 0.717) is 48.8 Å². The normalized spacial score (nSPS) is 23.1. The van der Waals surface area contributed by atoms with Gasteiger partial charge >= 0.3 is 6.09 Å². The molecule has 62 heavy (non-hydrogen) atoms. The third-order valence-corrected chi connectivity index (χ3v) is 12.2. The molecule has 1 heterocycles. The Morgan fingerprint density at radius 2 is 1.66 bits per heavy atom. The lowest BCUT2D eigenvalue weighted by atomic mass is 9.55. The molecule has 4 aromatic carbocycles. The van der Waals surface area contributed by atoms with Gasteiger partial charge in [-0.15, -0.1) is 6.58 Å². The summed E-state index contributed by atoms with van der Waals surface area (Å²) in [5.74, 6) is -0.0583. The first-order chi connectivity index (χ1) is 30.2. The number of carbonyl (C=O) groups excluding carboxylic acids is 1. The third kappa shape index (κ3) is 9.35. The second kappa shape index (κ2) is 20.4. The van der Waals surface area contributed by atoms with Crippen LogP contribution < -0.4 is 14.2 Å². The Bertz CT molecular complexity index is 2260. The smallest absolute Gasteiger partial charge is 0.415 e. The van der Waals surface area contributed by atoms with Crippen LogP contribution in [0.25, 0.3) is 10.8 Å². The number of hydrogen-bond acceptors (Lipinski definition) is 11. The Morgan fingerprint density at radius 3 is 2.37 bits per heavy atom. The minimum absolute atomic E-state index is 0.0260. The van der Waals surface area contributed by atoms with E-state index in [2.05, 4.69) is 30.9 Å². The van der Waals surface area contributed by atoms with Crippen molar-refractivity contribution in [3.8, 4) is 23.0 Å². The molecule has 1 aliphatic heterocycles. The summed E-state index contributed by atoms with van der Waals surface area (Å²) in [7, 11) is 0. The molecule has 13 nitrogen and oxygen atoms in total. The van der Waals surface area contributed by atoms with Crippen LogP contribution in [0.5, 0.6) is 23.0 Å². The minimum Gasteiger partial charge on any atom is -0.459 e. The number of nitro groups is 1. The van der Waals surface area contributed by atoms with Crippen molar-refractivity contribution in [2.45, 2.75) is 83.0 Å². The van der Waals surface area contributed by atoms with Gasteiger partial charge in [0, 0.05) is 49.8 Å². The number of unbranched alkanes of at least 4 members (excludes halogenated alkanes) is 2. The van der Waals surface area contributed by atoms with Gasteiger partial charge in [-0.1, -0.05) is 67.4 Å². The Balaban J connectivity index is 1.40. The highest BCUT2D eigenvalue weighted by Gasteiger charge is 2.65. The highest BCUT2D eigenvalue weighted by molar-refractivity contribution is 6.03. The zero-order chi connectivity index (χ0) is 43.6. The van der Waals surface area contributed by atoms with Crippen molar-refractivity contribution in [3.05, 3.63) is 125 Å². The van der Waals surface area contributed by atoms with Gasteiger partial charge in [0.25, 0.3) is 5.69 Å². The summed E-state index contributed by atoms with van der Waals surface area (Å²) >= 11 is 0. The predicted molar refractivity (Wildman–Crippen MR) is 237 cm³/mol. The number of aliphatic hydroxyl groups is 2. The molecule has 4 aromatic rings. The summed E-state index contributed by atoms with van der Waals surface area (Å²) in [6.07, 6.45) is 8.57. The number of allylic oxidation sites excluding steroid dienone is 1. The zero-order valence-corrected chi connectivity index (χ0v) is 35.5. The Morgan fingerprint density at radius 1 is 0.952 bits per heavy atom. The number of hydrogen-bond donors (Lipinski definition) is 2. The molecule has 1 amide bonds. The number of fused-ring (bicyclic) bond motifs is 3. The van der Waals surface area contributed by atoms with Crippen LogP contribution in [-0.4, -0.2) is 76.6 Å². The quantitative estimate of drug-likeness (QED) is 0.0379. The van der Waals surface area contributed by atoms with Gasteiger partial charge in [-0.05, 0) is 110 Å². The highest BCUT2D eigenvalue weighted by atomic mass is 16.7. The third-order valence-electron chi connectivity index (χ3n) is 12.2. The lowest BCUT2D eigenvalue weighted by molar-refractivity contribution is -0.384. The van der Waals surface area contributed by atoms with Crippen molar-refractivity contribution in [1.82, 2.24) is 4.90 Å². The van der Waals surface area contributed by atoms with E-state index in [9.17, 15) is 25.1 Å². The molecule has 0 bridgehead atoms. The first-order valence-corrected chi connectivity index (χ1v) is 21.8. The molecule has 7 rings (SSSR count). The average Bonchev–Trinajstić information content (AvgIpc) is 3.28. The first-order valence-electron chi connectivity index (χ1n) is 21.8. The zero-order valence-electron chi connectivity index (χ0n) is 35.5. The summed E-state index contributed by atoms with van der Waals surface area (Å²) in [4.78, 5) is 32.9. The molecule has 1 saturated carbocycles. The first kappa shape index (κ1) is 44.3. The fourth-order valence-corrected chi connectivity index (χ4v) is 9.63. The van der Waals surface area contributed by atoms with Crippen LogP contribution >= 0.6 is 0 Å². The maximum absolute atomic E-state index is 14.6. The molecule has 328 valence electrons. The fourth-order valence-electron chi connectivity index (χ4n) is 9.63. The molecular weight excluding hydrogens is 791 g/mol. The van der Waals surface area contributed by atoms with Crippen LogP contribution in [0.1, 0.15) is 76.7 Å². The topological polar surface area (TPSA) is 162 Å². The van der Waals surface area contributed by atoms with E-state index in [-0.39, 0.29) is 62.0 Å². The monoisotopic (exact) mass is 847 g/mol. The number of ether oxygens (including phenoxy) is 4. The van der Waals surface area contributed by atoms with Gasteiger partial charge in [0.2, 0.25) is 5.79 Å². The number of non-ortho nitro benzene ring substituents is 1. The lowest BCUT2D eigenvalue weighted by Gasteiger charge is -2.59. The van der Waals surface area contributed by atoms with Crippen molar-refractivity contribution >= 4 is 28.3 Å². The van der Waals surface area contributed by atoms with Crippen molar-refractivity contribution in [2.24, 2.45) is 22.9 Å². The van der Waals surface area contributed by atoms with E-state index in [4.69, 9.17) is 28.9 Å². The summed E-state index contributed by atoms with van der Waals surface area (Å²) < 4.78 is 26.9. The SMILES string of the molecule is C=CCO[C@@]12Oc3ccc(Oc4ccc5ccccc5c4)cc3[C@H]3[C@H](CCCCO)[C@@H](CCCCO)C=C(C(=NOCC)C[C@@H]1N(CCC)C(=O)Oc1ccc([N+](=O)[O-])cc1)[C@H]32. The molecule has 1 fully saturated rings. The standard InChI is InChI=1S/C49H57N3O10/c1-4-25-51(48(55)61-37-21-18-36(19-22-37)52(56)57)45-32-43(50-59-6-3)41-30-35(15-9-11-26-53)40(16-10-12-27-54)46-42-31-39(60-38-20-17-33-13-7-8-14-34(33)29-38)23-24-44(42)62-49(45,47(41)46)58-28-5-2/h5,7-8,13-14,17-24,29-31,35,40,45-47,53-54H,2,4,6,9-12,15-16,25-28,32H2,1,3H3/t35-,40+,45-,46+,47+,49+/m0/s1. The Hall–Kier alpha value is -5.76. The van der Waals surface area contributed by atoms with E-state index in [1.807, 2.05) is 56.3 Å².